The van der Waals surface area contributed by atoms with Crippen LogP contribution < -0.4 is 5.73 Å². The van der Waals surface area contributed by atoms with E-state index in [9.17, 15) is 0 Å². The number of hydrogen-bond donors (Lipinski definition) is 1. The van der Waals surface area contributed by atoms with Crippen LogP contribution in [0.25, 0.3) is 22.8 Å². The van der Waals surface area contributed by atoms with E-state index in [0.717, 1.165) is 36.8 Å². The van der Waals surface area contributed by atoms with Gasteiger partial charge in [-0.05, 0) is 67.7 Å². The highest BCUT2D eigenvalue weighted by atomic mass is 16.5. The van der Waals surface area contributed by atoms with Crippen LogP contribution in [0.4, 0.5) is 0 Å². The predicted octanol–water partition coefficient (Wildman–Crippen LogP) is 5.59. The van der Waals surface area contributed by atoms with Gasteiger partial charge in [0.15, 0.2) is 0 Å². The van der Waals surface area contributed by atoms with Crippen LogP contribution >= 0.6 is 0 Å². The largest absolute Gasteiger partial charge is 0.334 e. The van der Waals surface area contributed by atoms with Crippen LogP contribution in [-0.2, 0) is 6.42 Å². The lowest BCUT2D eigenvalue weighted by Crippen LogP contribution is -2.32. The predicted molar refractivity (Wildman–Crippen MR) is 113 cm³/mol. The molecule has 1 aliphatic rings. The molecule has 4 nitrogen and oxygen atoms in total. The molecule has 0 bridgehead atoms. The fourth-order valence-electron chi connectivity index (χ4n) is 4.17. The molecule has 1 saturated carbocycles. The van der Waals surface area contributed by atoms with Gasteiger partial charge in [0.25, 0.3) is 5.89 Å². The summed E-state index contributed by atoms with van der Waals surface area (Å²) >= 11 is 0. The van der Waals surface area contributed by atoms with Crippen molar-refractivity contribution in [2.24, 2.45) is 11.7 Å². The Labute approximate surface area is 167 Å². The molecule has 146 valence electrons. The maximum atomic E-state index is 6.28. The second kappa shape index (κ2) is 7.51. The van der Waals surface area contributed by atoms with Crippen molar-refractivity contribution in [3.05, 3.63) is 59.7 Å². The molecular formula is C24H29N3O. The van der Waals surface area contributed by atoms with Crippen molar-refractivity contribution in [1.82, 2.24) is 10.1 Å². The van der Waals surface area contributed by atoms with Gasteiger partial charge in [0.05, 0.1) is 0 Å². The molecule has 0 spiro atoms. The number of nitrogens with zero attached hydrogens (tertiary/aromatic N) is 2. The van der Waals surface area contributed by atoms with Crippen molar-refractivity contribution in [3.63, 3.8) is 0 Å². The van der Waals surface area contributed by atoms with Gasteiger partial charge in [-0.1, -0.05) is 55.4 Å². The molecule has 2 aromatic carbocycles. The van der Waals surface area contributed by atoms with Gasteiger partial charge in [-0.25, -0.2) is 0 Å². The fourth-order valence-corrected chi connectivity index (χ4v) is 4.17. The molecule has 0 aliphatic heterocycles. The lowest BCUT2D eigenvalue weighted by atomic mass is 9.94. The summed E-state index contributed by atoms with van der Waals surface area (Å²) in [7, 11) is 0. The maximum absolute atomic E-state index is 6.28. The zero-order valence-electron chi connectivity index (χ0n) is 17.0. The van der Waals surface area contributed by atoms with E-state index in [4.69, 9.17) is 10.3 Å². The molecule has 2 N–H and O–H groups in total. The third kappa shape index (κ3) is 4.17. The zero-order chi connectivity index (χ0) is 19.7. The van der Waals surface area contributed by atoms with Crippen LogP contribution in [-0.4, -0.2) is 15.7 Å². The summed E-state index contributed by atoms with van der Waals surface area (Å²) in [5, 5.41) is 4.18. The summed E-state index contributed by atoms with van der Waals surface area (Å²) in [4.78, 5) is 4.59. The molecular weight excluding hydrogens is 346 g/mol. The molecule has 4 heteroatoms. The molecule has 0 amide bonds. The first-order valence-electron chi connectivity index (χ1n) is 10.2. The normalized spacial score (nSPS) is 22.1. The Kier molecular flexibility index (Phi) is 5.07. The Hall–Kier alpha value is -2.46. The van der Waals surface area contributed by atoms with Gasteiger partial charge in [-0.2, -0.15) is 4.98 Å². The number of rotatable bonds is 5. The summed E-state index contributed by atoms with van der Waals surface area (Å²) < 4.78 is 5.51. The lowest BCUT2D eigenvalue weighted by Gasteiger charge is -2.17. The summed E-state index contributed by atoms with van der Waals surface area (Å²) in [5.74, 6) is 2.38. The van der Waals surface area contributed by atoms with Crippen LogP contribution in [0, 0.1) is 5.92 Å². The standard InChI is InChI=1S/C24H29N3O/c1-16(2)14-17-4-6-20(7-5-17)23-26-22(27-28-23)19-10-8-18(9-11-19)21-12-13-24(3,25)15-21/h4-11,16,21H,12-15,25H2,1-3H3. The van der Waals surface area contributed by atoms with Crippen molar-refractivity contribution in [3.8, 4) is 22.8 Å². The molecule has 1 aromatic heterocycles. The van der Waals surface area contributed by atoms with Gasteiger partial charge < -0.3 is 10.3 Å². The lowest BCUT2D eigenvalue weighted by molar-refractivity contribution is 0.432. The highest BCUT2D eigenvalue weighted by Gasteiger charge is 2.32. The molecule has 0 saturated heterocycles. The van der Waals surface area contributed by atoms with Gasteiger partial charge in [-0.15, -0.1) is 0 Å². The van der Waals surface area contributed by atoms with Crippen LogP contribution in [0.1, 0.15) is 57.1 Å². The molecule has 28 heavy (non-hydrogen) atoms. The molecule has 1 aliphatic carbocycles. The minimum atomic E-state index is -0.0311. The van der Waals surface area contributed by atoms with Crippen LogP contribution in [0.2, 0.25) is 0 Å². The zero-order valence-corrected chi connectivity index (χ0v) is 17.0. The van der Waals surface area contributed by atoms with E-state index in [2.05, 4.69) is 79.4 Å². The minimum absolute atomic E-state index is 0.0311. The Morgan fingerprint density at radius 3 is 2.36 bits per heavy atom. The second-order valence-corrected chi connectivity index (χ2v) is 8.93. The van der Waals surface area contributed by atoms with Crippen LogP contribution in [0.15, 0.2) is 53.1 Å². The van der Waals surface area contributed by atoms with E-state index < -0.39 is 0 Å². The van der Waals surface area contributed by atoms with Crippen LogP contribution in [0.3, 0.4) is 0 Å². The summed E-state index contributed by atoms with van der Waals surface area (Å²) in [6.07, 6.45) is 4.37. The number of nitrogens with two attached hydrogens (primary N) is 1. The monoisotopic (exact) mass is 375 g/mol. The number of aromatic nitrogens is 2. The summed E-state index contributed by atoms with van der Waals surface area (Å²) in [6.45, 7) is 6.60. The Bertz CT molecular complexity index is 923. The topological polar surface area (TPSA) is 64.9 Å². The van der Waals surface area contributed by atoms with Gasteiger partial charge >= 0.3 is 0 Å². The van der Waals surface area contributed by atoms with Gasteiger partial charge in [0, 0.05) is 16.7 Å². The number of benzene rings is 2. The number of hydrogen-bond acceptors (Lipinski definition) is 4. The van der Waals surface area contributed by atoms with E-state index in [1.54, 1.807) is 0 Å². The first kappa shape index (κ1) is 18.9. The first-order chi connectivity index (χ1) is 13.4. The average Bonchev–Trinajstić information content (AvgIpc) is 3.29. The molecule has 4 rings (SSSR count). The highest BCUT2D eigenvalue weighted by Crippen LogP contribution is 2.39. The van der Waals surface area contributed by atoms with Crippen molar-refractivity contribution in [2.45, 2.75) is 57.9 Å². The maximum Gasteiger partial charge on any atom is 0.258 e. The van der Waals surface area contributed by atoms with Gasteiger partial charge in [0.1, 0.15) is 0 Å². The highest BCUT2D eigenvalue weighted by molar-refractivity contribution is 5.60. The average molecular weight is 376 g/mol. The van der Waals surface area contributed by atoms with Crippen molar-refractivity contribution >= 4 is 0 Å². The molecule has 0 radical (unpaired) electrons. The van der Waals surface area contributed by atoms with Crippen LogP contribution in [0.5, 0.6) is 0 Å². The Morgan fingerprint density at radius 1 is 1.07 bits per heavy atom. The van der Waals surface area contributed by atoms with Gasteiger partial charge in [-0.3, -0.25) is 0 Å². The first-order valence-corrected chi connectivity index (χ1v) is 10.2. The Balaban J connectivity index is 1.48. The third-order valence-electron chi connectivity index (χ3n) is 5.69. The quantitative estimate of drug-likeness (QED) is 0.631. The van der Waals surface area contributed by atoms with Crippen molar-refractivity contribution < 1.29 is 4.52 Å². The molecule has 3 aromatic rings. The van der Waals surface area contributed by atoms with E-state index in [1.807, 2.05) is 0 Å². The molecule has 2 atom stereocenters. The smallest absolute Gasteiger partial charge is 0.258 e. The van der Waals surface area contributed by atoms with Crippen molar-refractivity contribution in [2.75, 3.05) is 0 Å². The van der Waals surface area contributed by atoms with Gasteiger partial charge in [0.2, 0.25) is 5.82 Å². The van der Waals surface area contributed by atoms with Crippen molar-refractivity contribution in [1.29, 1.82) is 0 Å². The fraction of sp³-hybridized carbons (Fsp3) is 0.417. The Morgan fingerprint density at radius 2 is 1.75 bits per heavy atom. The molecule has 2 unspecified atom stereocenters. The summed E-state index contributed by atoms with van der Waals surface area (Å²) in [5.41, 5.74) is 10.9. The SMILES string of the molecule is CC(C)Cc1ccc(-c2nc(-c3ccc(C4CCC(C)(N)C4)cc3)no2)cc1. The second-order valence-electron chi connectivity index (χ2n) is 8.93. The van der Waals surface area contributed by atoms with E-state index >= 15 is 0 Å². The minimum Gasteiger partial charge on any atom is -0.334 e. The van der Waals surface area contributed by atoms with E-state index in [0.29, 0.717) is 23.6 Å². The molecule has 1 heterocycles. The van der Waals surface area contributed by atoms with E-state index in [-0.39, 0.29) is 5.54 Å². The van der Waals surface area contributed by atoms with E-state index in [1.165, 1.54) is 11.1 Å². The molecule has 1 fully saturated rings. The summed E-state index contributed by atoms with van der Waals surface area (Å²) in [6, 6.07) is 16.9. The third-order valence-corrected chi connectivity index (χ3v) is 5.69.